The van der Waals surface area contributed by atoms with Gasteiger partial charge in [0, 0.05) is 25.0 Å². The van der Waals surface area contributed by atoms with Gasteiger partial charge in [-0.1, -0.05) is 81.1 Å². The topological polar surface area (TPSA) is 27.7 Å². The summed E-state index contributed by atoms with van der Waals surface area (Å²) in [6.07, 6.45) is 7.81. The molecule has 0 N–H and O–H groups in total. The van der Waals surface area contributed by atoms with E-state index in [0.29, 0.717) is 19.8 Å². The number of rotatable bonds is 14. The van der Waals surface area contributed by atoms with Crippen LogP contribution in [0.25, 0.3) is 11.1 Å². The smallest absolute Gasteiger partial charge is 0.370 e. The molecule has 0 atom stereocenters. The van der Waals surface area contributed by atoms with Crippen molar-refractivity contribution in [3.63, 3.8) is 0 Å². The van der Waals surface area contributed by atoms with Crippen molar-refractivity contribution in [3.8, 4) is 11.1 Å². The highest BCUT2D eigenvalue weighted by Crippen LogP contribution is 2.21. The minimum Gasteiger partial charge on any atom is -0.370 e. The molecule has 0 radical (unpaired) electrons. The van der Waals surface area contributed by atoms with Gasteiger partial charge in [-0.05, 0) is 50.3 Å². The van der Waals surface area contributed by atoms with Crippen LogP contribution < -0.4 is 5.19 Å². The molecule has 0 aliphatic carbocycles. The summed E-state index contributed by atoms with van der Waals surface area (Å²) in [4.78, 5) is 0. The monoisotopic (exact) mass is 414 g/mol. The fourth-order valence-corrected chi connectivity index (χ4v) is 6.07. The van der Waals surface area contributed by atoms with E-state index in [4.69, 9.17) is 13.3 Å². The Morgan fingerprint density at radius 1 is 0.586 bits per heavy atom. The molecule has 160 valence electrons. The molecule has 0 saturated heterocycles. The molecule has 0 aliphatic rings. The summed E-state index contributed by atoms with van der Waals surface area (Å²) in [5.74, 6) is 0. The molecule has 0 unspecified atom stereocenters. The molecular weight excluding hydrogens is 376 g/mol. The van der Waals surface area contributed by atoms with Crippen LogP contribution in [-0.4, -0.2) is 28.6 Å². The molecule has 0 fully saturated rings. The summed E-state index contributed by atoms with van der Waals surface area (Å²) >= 11 is 0. The highest BCUT2D eigenvalue weighted by molar-refractivity contribution is 6.75. The van der Waals surface area contributed by atoms with Gasteiger partial charge in [0.05, 0.1) is 0 Å². The lowest BCUT2D eigenvalue weighted by atomic mass is 10.0. The van der Waals surface area contributed by atoms with Gasteiger partial charge in [-0.15, -0.1) is 0 Å². The quantitative estimate of drug-likeness (QED) is 0.275. The molecule has 0 saturated carbocycles. The molecule has 0 aliphatic heterocycles. The molecule has 0 heterocycles. The number of hydrogen-bond acceptors (Lipinski definition) is 3. The van der Waals surface area contributed by atoms with Crippen molar-refractivity contribution < 1.29 is 13.3 Å². The summed E-state index contributed by atoms with van der Waals surface area (Å²) in [6, 6.07) is 17.5. The Hall–Kier alpha value is -1.46. The lowest BCUT2D eigenvalue weighted by Gasteiger charge is -2.28. The van der Waals surface area contributed by atoms with Gasteiger partial charge in [0.1, 0.15) is 0 Å². The van der Waals surface area contributed by atoms with Crippen LogP contribution in [-0.2, 0) is 19.7 Å². The van der Waals surface area contributed by atoms with Crippen LogP contribution in [0.2, 0.25) is 0 Å². The Labute approximate surface area is 178 Å². The summed E-state index contributed by atoms with van der Waals surface area (Å²) in [5, 5.41) is 1.02. The second kappa shape index (κ2) is 13.0. The second-order valence-corrected chi connectivity index (χ2v) is 9.85. The maximum atomic E-state index is 6.01. The van der Waals surface area contributed by atoms with Gasteiger partial charge < -0.3 is 13.3 Å². The summed E-state index contributed by atoms with van der Waals surface area (Å²) in [5.41, 5.74) is 3.87. The molecule has 4 heteroatoms. The molecule has 2 aromatic rings. The van der Waals surface area contributed by atoms with Crippen LogP contribution >= 0.6 is 0 Å². The van der Waals surface area contributed by atoms with Gasteiger partial charge in [-0.2, -0.15) is 0 Å². The second-order valence-electron chi connectivity index (χ2n) is 7.29. The Balaban J connectivity index is 2.06. The summed E-state index contributed by atoms with van der Waals surface area (Å²) in [6.45, 7) is 9.95. The van der Waals surface area contributed by atoms with Gasteiger partial charge >= 0.3 is 8.80 Å². The fourth-order valence-electron chi connectivity index (χ4n) is 3.61. The maximum absolute atomic E-state index is 6.01. The summed E-state index contributed by atoms with van der Waals surface area (Å²) in [7, 11) is -2.83. The van der Waals surface area contributed by atoms with Crippen LogP contribution in [0.4, 0.5) is 0 Å². The Bertz CT molecular complexity index is 665. The zero-order chi connectivity index (χ0) is 21.0. The zero-order valence-electron chi connectivity index (χ0n) is 18.7. The summed E-state index contributed by atoms with van der Waals surface area (Å²) < 4.78 is 18.0. The van der Waals surface area contributed by atoms with E-state index in [2.05, 4.69) is 55.5 Å². The van der Waals surface area contributed by atoms with E-state index in [1.54, 1.807) is 0 Å². The van der Waals surface area contributed by atoms with Crippen molar-refractivity contribution in [2.24, 2.45) is 0 Å². The first-order valence-electron chi connectivity index (χ1n) is 11.3. The van der Waals surface area contributed by atoms with Gasteiger partial charge in [0.15, 0.2) is 0 Å². The van der Waals surface area contributed by atoms with E-state index >= 15 is 0 Å². The molecule has 29 heavy (non-hydrogen) atoms. The first-order valence-corrected chi connectivity index (χ1v) is 13.0. The van der Waals surface area contributed by atoms with E-state index in [1.165, 1.54) is 55.2 Å². The van der Waals surface area contributed by atoms with Crippen molar-refractivity contribution in [1.82, 2.24) is 0 Å². The Morgan fingerprint density at radius 2 is 1.07 bits per heavy atom. The predicted molar refractivity (Wildman–Crippen MR) is 125 cm³/mol. The van der Waals surface area contributed by atoms with Gasteiger partial charge in [-0.25, -0.2) is 0 Å². The Morgan fingerprint density at radius 3 is 1.55 bits per heavy atom. The molecule has 2 rings (SSSR count). The number of aryl methyl sites for hydroxylation is 1. The number of benzene rings is 2. The van der Waals surface area contributed by atoms with Crippen molar-refractivity contribution in [2.75, 3.05) is 19.8 Å². The highest BCUT2D eigenvalue weighted by Gasteiger charge is 2.43. The lowest BCUT2D eigenvalue weighted by molar-refractivity contribution is 0.0859. The van der Waals surface area contributed by atoms with Gasteiger partial charge in [0.2, 0.25) is 0 Å². The van der Waals surface area contributed by atoms with Crippen LogP contribution in [0.5, 0.6) is 0 Å². The van der Waals surface area contributed by atoms with E-state index < -0.39 is 8.80 Å². The first kappa shape index (κ1) is 23.8. The van der Waals surface area contributed by atoms with Crippen molar-refractivity contribution in [3.05, 3.63) is 54.1 Å². The van der Waals surface area contributed by atoms with E-state index in [9.17, 15) is 0 Å². The molecule has 0 spiro atoms. The van der Waals surface area contributed by atoms with Gasteiger partial charge in [-0.3, -0.25) is 0 Å². The van der Waals surface area contributed by atoms with Crippen molar-refractivity contribution in [2.45, 2.75) is 66.2 Å². The molecule has 0 amide bonds. The SMILES string of the molecule is CCCCCCCc1ccc(-c2ccc([Si](OCC)(OCC)OCC)cc2)cc1. The molecular formula is C25H38O3Si. The minimum absolute atomic E-state index is 0.577. The average Bonchev–Trinajstić information content (AvgIpc) is 2.75. The van der Waals surface area contributed by atoms with Crippen LogP contribution in [0.1, 0.15) is 65.4 Å². The van der Waals surface area contributed by atoms with Crippen molar-refractivity contribution in [1.29, 1.82) is 0 Å². The maximum Gasteiger partial charge on any atom is 0.537 e. The van der Waals surface area contributed by atoms with Crippen LogP contribution in [0.15, 0.2) is 48.5 Å². The van der Waals surface area contributed by atoms with Crippen LogP contribution in [0.3, 0.4) is 0 Å². The van der Waals surface area contributed by atoms with E-state index in [-0.39, 0.29) is 0 Å². The molecule has 0 aromatic heterocycles. The largest absolute Gasteiger partial charge is 0.537 e. The van der Waals surface area contributed by atoms with Gasteiger partial charge in [0.25, 0.3) is 0 Å². The first-order chi connectivity index (χ1) is 14.2. The molecule has 0 bridgehead atoms. The predicted octanol–water partition coefficient (Wildman–Crippen LogP) is 6.12. The van der Waals surface area contributed by atoms with Crippen LogP contribution in [0, 0.1) is 0 Å². The van der Waals surface area contributed by atoms with E-state index in [0.717, 1.165) is 5.19 Å². The average molecular weight is 415 g/mol. The number of unbranched alkanes of at least 4 members (excludes halogenated alkanes) is 4. The highest BCUT2D eigenvalue weighted by atomic mass is 28.4. The third kappa shape index (κ3) is 7.07. The molecule has 3 nitrogen and oxygen atoms in total. The lowest BCUT2D eigenvalue weighted by Crippen LogP contribution is -2.56. The Kier molecular flexibility index (Phi) is 10.6. The third-order valence-corrected chi connectivity index (χ3v) is 8.14. The number of hydrogen-bond donors (Lipinski definition) is 0. The van der Waals surface area contributed by atoms with Crippen molar-refractivity contribution >= 4 is 14.0 Å². The third-order valence-electron chi connectivity index (χ3n) is 5.10. The minimum atomic E-state index is -2.83. The molecule has 2 aromatic carbocycles. The van der Waals surface area contributed by atoms with E-state index in [1.807, 2.05) is 20.8 Å². The standard InChI is InChI=1S/C25H38O3Si/c1-5-9-10-11-12-13-22-14-16-23(17-15-22)24-18-20-25(21-19-24)29(26-6-2,27-7-3)28-8-4/h14-21H,5-13H2,1-4H3. The normalized spacial score (nSPS) is 11.7. The fraction of sp³-hybridized carbons (Fsp3) is 0.520. The zero-order valence-corrected chi connectivity index (χ0v) is 19.7.